The molecule has 76 valence electrons. The van der Waals surface area contributed by atoms with Crippen molar-refractivity contribution in [1.29, 1.82) is 0 Å². The van der Waals surface area contributed by atoms with Gasteiger partial charge < -0.3 is 11.1 Å². The molecule has 1 unspecified atom stereocenters. The minimum absolute atomic E-state index is 0.0296. The number of carbonyl (C=O) groups is 1. The van der Waals surface area contributed by atoms with Crippen molar-refractivity contribution < 1.29 is 4.79 Å². The van der Waals surface area contributed by atoms with Gasteiger partial charge >= 0.3 is 0 Å². The molecule has 0 aromatic carbocycles. The van der Waals surface area contributed by atoms with Crippen molar-refractivity contribution >= 4 is 5.91 Å². The Balaban J connectivity index is 2.28. The molecule has 0 saturated heterocycles. The number of nitrogens with one attached hydrogen (secondary N) is 1. The van der Waals surface area contributed by atoms with Crippen LogP contribution in [-0.2, 0) is 4.79 Å². The van der Waals surface area contributed by atoms with Crippen LogP contribution in [0.5, 0.6) is 0 Å². The van der Waals surface area contributed by atoms with E-state index in [9.17, 15) is 4.79 Å². The second-order valence-electron chi connectivity index (χ2n) is 3.96. The zero-order valence-electron chi connectivity index (χ0n) is 8.38. The van der Waals surface area contributed by atoms with Gasteiger partial charge in [0.25, 0.3) is 0 Å². The summed E-state index contributed by atoms with van der Waals surface area (Å²) in [6.07, 6.45) is 6.49. The Morgan fingerprint density at radius 3 is 2.62 bits per heavy atom. The smallest absolute Gasteiger partial charge is 0.233 e. The molecule has 1 saturated carbocycles. The summed E-state index contributed by atoms with van der Waals surface area (Å²) >= 11 is 0. The fraction of sp³-hybridized carbons (Fsp3) is 0.900. The van der Waals surface area contributed by atoms with Gasteiger partial charge in [-0.05, 0) is 25.7 Å². The molecular formula is C10H20N2O. The van der Waals surface area contributed by atoms with Gasteiger partial charge in [0.15, 0.2) is 0 Å². The molecule has 1 fully saturated rings. The normalized spacial score (nSPS) is 21.1. The molecule has 0 aromatic rings. The van der Waals surface area contributed by atoms with E-state index in [4.69, 9.17) is 5.73 Å². The largest absolute Gasteiger partial charge is 0.352 e. The molecule has 1 amide bonds. The van der Waals surface area contributed by atoms with Crippen LogP contribution in [0, 0.1) is 5.92 Å². The minimum atomic E-state index is -0.0296. The Labute approximate surface area is 80.1 Å². The zero-order chi connectivity index (χ0) is 9.68. The molecule has 1 rings (SSSR count). The summed E-state index contributed by atoms with van der Waals surface area (Å²) in [6.45, 7) is 2.20. The lowest BCUT2D eigenvalue weighted by Gasteiger charge is -2.28. The summed E-state index contributed by atoms with van der Waals surface area (Å²) in [5, 5.41) is 2.94. The first kappa shape index (κ1) is 10.5. The molecule has 13 heavy (non-hydrogen) atoms. The van der Waals surface area contributed by atoms with Gasteiger partial charge in [0.05, 0.1) is 6.54 Å². The zero-order valence-corrected chi connectivity index (χ0v) is 8.38. The van der Waals surface area contributed by atoms with Gasteiger partial charge in [0.2, 0.25) is 5.91 Å². The Morgan fingerprint density at radius 1 is 1.46 bits per heavy atom. The maximum atomic E-state index is 11.0. The first-order chi connectivity index (χ1) is 6.24. The standard InChI is InChI=1S/C10H20N2O/c1-8(12-10(13)7-11)9-5-3-2-4-6-9/h8-9H,2-7,11H2,1H3,(H,12,13). The second-order valence-corrected chi connectivity index (χ2v) is 3.96. The van der Waals surface area contributed by atoms with Gasteiger partial charge in [-0.1, -0.05) is 19.3 Å². The summed E-state index contributed by atoms with van der Waals surface area (Å²) in [4.78, 5) is 11.0. The van der Waals surface area contributed by atoms with Crippen molar-refractivity contribution in [2.75, 3.05) is 6.54 Å². The van der Waals surface area contributed by atoms with Crippen LogP contribution in [0.2, 0.25) is 0 Å². The molecule has 1 aliphatic rings. The van der Waals surface area contributed by atoms with Gasteiger partial charge in [-0.3, -0.25) is 4.79 Å². The molecule has 3 N–H and O–H groups in total. The molecule has 0 heterocycles. The molecule has 0 aliphatic heterocycles. The lowest BCUT2D eigenvalue weighted by Crippen LogP contribution is -2.41. The molecule has 0 spiro atoms. The Kier molecular flexibility index (Phi) is 4.22. The highest BCUT2D eigenvalue weighted by atomic mass is 16.1. The van der Waals surface area contributed by atoms with Crippen molar-refractivity contribution in [3.63, 3.8) is 0 Å². The number of rotatable bonds is 3. The van der Waals surface area contributed by atoms with E-state index in [-0.39, 0.29) is 12.5 Å². The summed E-state index contributed by atoms with van der Waals surface area (Å²) in [5.41, 5.74) is 5.24. The maximum absolute atomic E-state index is 11.0. The Hall–Kier alpha value is -0.570. The number of hydrogen-bond acceptors (Lipinski definition) is 2. The third-order valence-corrected chi connectivity index (χ3v) is 2.93. The number of nitrogens with two attached hydrogens (primary N) is 1. The van der Waals surface area contributed by atoms with E-state index in [1.165, 1.54) is 32.1 Å². The maximum Gasteiger partial charge on any atom is 0.233 e. The van der Waals surface area contributed by atoms with Gasteiger partial charge in [0.1, 0.15) is 0 Å². The Morgan fingerprint density at radius 2 is 2.08 bits per heavy atom. The van der Waals surface area contributed by atoms with Crippen LogP contribution >= 0.6 is 0 Å². The van der Waals surface area contributed by atoms with Crippen LogP contribution in [0.4, 0.5) is 0 Å². The van der Waals surface area contributed by atoms with Gasteiger partial charge in [-0.2, -0.15) is 0 Å². The van der Waals surface area contributed by atoms with Crippen molar-refractivity contribution in [2.24, 2.45) is 11.7 Å². The highest BCUT2D eigenvalue weighted by Crippen LogP contribution is 2.26. The SMILES string of the molecule is CC(NC(=O)CN)C1CCCCC1. The highest BCUT2D eigenvalue weighted by Gasteiger charge is 2.20. The topological polar surface area (TPSA) is 55.1 Å². The van der Waals surface area contributed by atoms with Gasteiger partial charge in [-0.25, -0.2) is 0 Å². The summed E-state index contributed by atoms with van der Waals surface area (Å²) in [5.74, 6) is 0.641. The van der Waals surface area contributed by atoms with Gasteiger partial charge in [0, 0.05) is 6.04 Å². The molecule has 1 aliphatic carbocycles. The Bertz CT molecular complexity index is 164. The van der Waals surface area contributed by atoms with Crippen LogP contribution in [-0.4, -0.2) is 18.5 Å². The number of hydrogen-bond donors (Lipinski definition) is 2. The molecule has 0 radical (unpaired) electrons. The fourth-order valence-electron chi connectivity index (χ4n) is 2.06. The van der Waals surface area contributed by atoms with Crippen LogP contribution in [0.1, 0.15) is 39.0 Å². The lowest BCUT2D eigenvalue weighted by atomic mass is 9.84. The summed E-state index contributed by atoms with van der Waals surface area (Å²) in [7, 11) is 0. The highest BCUT2D eigenvalue weighted by molar-refractivity contribution is 5.78. The van der Waals surface area contributed by atoms with Crippen molar-refractivity contribution in [1.82, 2.24) is 5.32 Å². The van der Waals surface area contributed by atoms with Crippen LogP contribution in [0.25, 0.3) is 0 Å². The molecule has 3 heteroatoms. The van der Waals surface area contributed by atoms with E-state index in [2.05, 4.69) is 12.2 Å². The predicted octanol–water partition coefficient (Wildman–Crippen LogP) is 1.03. The number of carbonyl (C=O) groups excluding carboxylic acids is 1. The van der Waals surface area contributed by atoms with Crippen molar-refractivity contribution in [3.05, 3.63) is 0 Å². The van der Waals surface area contributed by atoms with Gasteiger partial charge in [-0.15, -0.1) is 0 Å². The first-order valence-electron chi connectivity index (χ1n) is 5.23. The predicted molar refractivity (Wildman–Crippen MR) is 53.2 cm³/mol. The molecular weight excluding hydrogens is 164 g/mol. The van der Waals surface area contributed by atoms with Crippen LogP contribution in [0.3, 0.4) is 0 Å². The third-order valence-electron chi connectivity index (χ3n) is 2.93. The van der Waals surface area contributed by atoms with E-state index in [0.29, 0.717) is 12.0 Å². The lowest BCUT2D eigenvalue weighted by molar-refractivity contribution is -0.120. The third kappa shape index (κ3) is 3.35. The van der Waals surface area contributed by atoms with Crippen molar-refractivity contribution in [3.8, 4) is 0 Å². The average Bonchev–Trinajstić information content (AvgIpc) is 2.19. The molecule has 3 nitrogen and oxygen atoms in total. The molecule has 0 bridgehead atoms. The van der Waals surface area contributed by atoms with E-state index < -0.39 is 0 Å². The minimum Gasteiger partial charge on any atom is -0.352 e. The molecule has 1 atom stereocenters. The summed E-state index contributed by atoms with van der Waals surface area (Å²) in [6, 6.07) is 0.302. The monoisotopic (exact) mass is 184 g/mol. The average molecular weight is 184 g/mol. The fourth-order valence-corrected chi connectivity index (χ4v) is 2.06. The van der Waals surface area contributed by atoms with Crippen LogP contribution in [0.15, 0.2) is 0 Å². The van der Waals surface area contributed by atoms with E-state index >= 15 is 0 Å². The van der Waals surface area contributed by atoms with E-state index in [1.54, 1.807) is 0 Å². The summed E-state index contributed by atoms with van der Waals surface area (Å²) < 4.78 is 0. The van der Waals surface area contributed by atoms with Crippen LogP contribution < -0.4 is 11.1 Å². The molecule has 0 aromatic heterocycles. The van der Waals surface area contributed by atoms with E-state index in [1.807, 2.05) is 0 Å². The van der Waals surface area contributed by atoms with E-state index in [0.717, 1.165) is 0 Å². The van der Waals surface area contributed by atoms with Crippen molar-refractivity contribution in [2.45, 2.75) is 45.1 Å². The quantitative estimate of drug-likeness (QED) is 0.688. The first-order valence-corrected chi connectivity index (χ1v) is 5.23. The second kappa shape index (κ2) is 5.22. The number of amides is 1.